The van der Waals surface area contributed by atoms with Gasteiger partial charge in [0.2, 0.25) is 6.41 Å². The lowest BCUT2D eigenvalue weighted by Gasteiger charge is -2.39. The summed E-state index contributed by atoms with van der Waals surface area (Å²) >= 11 is 0. The molecule has 1 unspecified atom stereocenters. The van der Waals surface area contributed by atoms with Crippen LogP contribution in [0.25, 0.3) is 10.9 Å². The van der Waals surface area contributed by atoms with Crippen LogP contribution in [0.15, 0.2) is 79.3 Å². The van der Waals surface area contributed by atoms with Gasteiger partial charge in [0.1, 0.15) is 11.6 Å². The number of rotatable bonds is 8. The summed E-state index contributed by atoms with van der Waals surface area (Å²) in [7, 11) is 1.95. The van der Waals surface area contributed by atoms with Crippen LogP contribution in [-0.2, 0) is 24.3 Å². The summed E-state index contributed by atoms with van der Waals surface area (Å²) < 4.78 is 15.3. The lowest BCUT2D eigenvalue weighted by molar-refractivity contribution is -0.119. The third-order valence-corrected chi connectivity index (χ3v) is 8.87. The van der Waals surface area contributed by atoms with E-state index in [2.05, 4.69) is 49.4 Å². The second-order valence-corrected chi connectivity index (χ2v) is 11.9. The van der Waals surface area contributed by atoms with Crippen LogP contribution < -0.4 is 10.6 Å². The Balaban J connectivity index is 0.000000172. The summed E-state index contributed by atoms with van der Waals surface area (Å²) in [6.07, 6.45) is 9.06. The van der Waals surface area contributed by atoms with Crippen molar-refractivity contribution in [2.24, 2.45) is 0 Å². The highest BCUT2D eigenvalue weighted by molar-refractivity contribution is 5.92. The number of para-hydroxylation sites is 1. The lowest BCUT2D eigenvalue weighted by Crippen LogP contribution is -2.49. The molecule has 3 amide bonds. The number of hydrogen-bond acceptors (Lipinski definition) is 5. The summed E-state index contributed by atoms with van der Waals surface area (Å²) in [5, 5.41) is 14.6. The predicted octanol–water partition coefficient (Wildman–Crippen LogP) is 5.41. The first-order valence-corrected chi connectivity index (χ1v) is 15.6. The Labute approximate surface area is 267 Å². The zero-order chi connectivity index (χ0) is 32.0. The van der Waals surface area contributed by atoms with Gasteiger partial charge in [0.05, 0.1) is 17.8 Å². The average Bonchev–Trinajstić information content (AvgIpc) is 3.75. The van der Waals surface area contributed by atoms with Crippen molar-refractivity contribution in [3.8, 4) is 0 Å². The number of aromatic nitrogens is 4. The van der Waals surface area contributed by atoms with E-state index in [1.165, 1.54) is 23.3 Å². The molecule has 2 aromatic heterocycles. The first-order valence-electron chi connectivity index (χ1n) is 15.6. The average molecular weight is 623 g/mol. The molecule has 4 heterocycles. The van der Waals surface area contributed by atoms with E-state index in [-0.39, 0.29) is 23.9 Å². The van der Waals surface area contributed by atoms with Crippen LogP contribution in [-0.4, -0.2) is 68.2 Å². The second kappa shape index (κ2) is 13.9. The van der Waals surface area contributed by atoms with Gasteiger partial charge in [-0.25, -0.2) is 14.2 Å². The molecule has 11 heteroatoms. The van der Waals surface area contributed by atoms with E-state index in [1.807, 2.05) is 66.9 Å². The summed E-state index contributed by atoms with van der Waals surface area (Å²) in [4.78, 5) is 31.1. The minimum absolute atomic E-state index is 0.0248. The molecule has 0 spiro atoms. The number of anilines is 1. The number of fused-ring (bicyclic) bond motifs is 2. The summed E-state index contributed by atoms with van der Waals surface area (Å²) in [5.41, 5.74) is 6.61. The van der Waals surface area contributed by atoms with Gasteiger partial charge in [-0.2, -0.15) is 5.10 Å². The van der Waals surface area contributed by atoms with Gasteiger partial charge in [-0.1, -0.05) is 36.4 Å². The molecular weight excluding hydrogens is 583 g/mol. The normalized spacial score (nSPS) is 15.6. The van der Waals surface area contributed by atoms with Gasteiger partial charge in [-0.3, -0.25) is 9.89 Å². The van der Waals surface area contributed by atoms with Crippen molar-refractivity contribution in [3.63, 3.8) is 0 Å². The van der Waals surface area contributed by atoms with Crippen LogP contribution in [0.5, 0.6) is 0 Å². The fourth-order valence-corrected chi connectivity index (χ4v) is 6.36. The number of carbonyl (C=O) groups excluding carboxylic acids is 2. The number of urea groups is 1. The molecule has 7 rings (SSSR count). The van der Waals surface area contributed by atoms with E-state index < -0.39 is 0 Å². The summed E-state index contributed by atoms with van der Waals surface area (Å²) in [5.74, 6) is 0.745. The van der Waals surface area contributed by atoms with E-state index in [9.17, 15) is 14.0 Å². The molecule has 10 nitrogen and oxygen atoms in total. The van der Waals surface area contributed by atoms with Crippen molar-refractivity contribution in [1.82, 2.24) is 34.9 Å². The Hall–Kier alpha value is -5.03. The maximum atomic E-state index is 13.2. The van der Waals surface area contributed by atoms with Crippen molar-refractivity contribution < 1.29 is 14.0 Å². The zero-order valence-corrected chi connectivity index (χ0v) is 26.1. The zero-order valence-electron chi connectivity index (χ0n) is 26.1. The smallest absolute Gasteiger partial charge is 0.322 e. The highest BCUT2D eigenvalue weighted by Gasteiger charge is 2.31. The number of carbonyl (C=O) groups is 2. The van der Waals surface area contributed by atoms with Gasteiger partial charge < -0.3 is 25.0 Å². The third-order valence-electron chi connectivity index (χ3n) is 8.87. The molecule has 1 fully saturated rings. The van der Waals surface area contributed by atoms with Crippen LogP contribution in [0.1, 0.15) is 47.0 Å². The van der Waals surface area contributed by atoms with Gasteiger partial charge >= 0.3 is 6.03 Å². The highest BCUT2D eigenvalue weighted by Crippen LogP contribution is 2.27. The fourth-order valence-electron chi connectivity index (χ4n) is 6.36. The molecule has 3 aromatic carbocycles. The third kappa shape index (κ3) is 6.94. The van der Waals surface area contributed by atoms with Gasteiger partial charge in [0.25, 0.3) is 0 Å². The minimum Gasteiger partial charge on any atom is -0.345 e. The molecule has 46 heavy (non-hydrogen) atoms. The number of likely N-dealkylation sites (tertiary alicyclic amines) is 1. The molecule has 3 N–H and O–H groups in total. The van der Waals surface area contributed by atoms with E-state index in [0.717, 1.165) is 72.3 Å². The molecule has 0 radical (unpaired) electrons. The van der Waals surface area contributed by atoms with Gasteiger partial charge in [-0.05, 0) is 79.8 Å². The van der Waals surface area contributed by atoms with Crippen LogP contribution in [0.3, 0.4) is 0 Å². The number of aromatic amines is 1. The van der Waals surface area contributed by atoms with E-state index in [4.69, 9.17) is 0 Å². The van der Waals surface area contributed by atoms with Crippen LogP contribution in [0.4, 0.5) is 14.9 Å². The molecule has 5 aromatic rings. The molecule has 238 valence electrons. The monoisotopic (exact) mass is 622 g/mol. The number of imidazole rings is 1. The lowest BCUT2D eigenvalue weighted by atomic mass is 10.0. The minimum atomic E-state index is -0.220. The van der Waals surface area contributed by atoms with Crippen molar-refractivity contribution in [1.29, 1.82) is 0 Å². The van der Waals surface area contributed by atoms with Crippen molar-refractivity contribution in [2.45, 2.75) is 51.4 Å². The molecule has 1 saturated heterocycles. The first-order chi connectivity index (χ1) is 22.4. The summed E-state index contributed by atoms with van der Waals surface area (Å²) in [6, 6.07) is 19.1. The van der Waals surface area contributed by atoms with Crippen molar-refractivity contribution in [3.05, 3.63) is 113 Å². The first kappa shape index (κ1) is 31.0. The number of likely N-dealkylation sites (N-methyl/N-ethyl adjacent to an activating group) is 1. The number of amides is 3. The summed E-state index contributed by atoms with van der Waals surface area (Å²) in [6.45, 7) is 4.88. The van der Waals surface area contributed by atoms with Crippen molar-refractivity contribution >= 4 is 29.0 Å². The topological polar surface area (TPSA) is 111 Å². The number of piperidine rings is 1. The quantitative estimate of drug-likeness (QED) is 0.201. The second-order valence-electron chi connectivity index (χ2n) is 11.9. The fraction of sp³-hybridized carbons (Fsp3) is 0.314. The number of H-pyrrole nitrogens is 1. The molecule has 0 saturated carbocycles. The van der Waals surface area contributed by atoms with Gasteiger partial charge in [-0.15, -0.1) is 0 Å². The SMILES string of the molecule is CNC(Cc1cc(C)c2[nH]ncc2c1)c1nccn1Cc1ccc(F)cc1.O=CN1CCC(N2Cc3ccccc3NC2=O)CC1. The van der Waals surface area contributed by atoms with Gasteiger partial charge in [0.15, 0.2) is 0 Å². The van der Waals surface area contributed by atoms with Gasteiger partial charge in [0, 0.05) is 55.7 Å². The number of nitrogens with zero attached hydrogens (tertiary/aromatic N) is 5. The number of benzene rings is 3. The van der Waals surface area contributed by atoms with Crippen LogP contribution in [0, 0.1) is 12.7 Å². The largest absolute Gasteiger partial charge is 0.345 e. The maximum Gasteiger partial charge on any atom is 0.322 e. The standard InChI is InChI=1S/C21H22FN5.C14H17N3O2/c1-14-9-16(10-17-12-25-26-20(14)17)11-19(23-2)21-24-7-8-27(21)13-15-3-5-18(22)6-4-15;18-10-16-7-5-12(6-8-16)17-9-11-3-1-2-4-13(11)15-14(17)19/h3-10,12,19,23H,11,13H2,1-2H3,(H,25,26);1-4,10,12H,5-9H2,(H,15,19). The predicted molar refractivity (Wildman–Crippen MR) is 176 cm³/mol. The van der Waals surface area contributed by atoms with E-state index in [1.54, 1.807) is 4.90 Å². The number of halogens is 1. The Morgan fingerprint density at radius 3 is 2.63 bits per heavy atom. The Morgan fingerprint density at radius 1 is 1.09 bits per heavy atom. The Morgan fingerprint density at radius 2 is 1.87 bits per heavy atom. The number of hydrogen-bond donors (Lipinski definition) is 3. The Kier molecular flexibility index (Phi) is 9.39. The molecule has 0 aliphatic carbocycles. The number of nitrogens with one attached hydrogen (secondary N) is 3. The van der Waals surface area contributed by atoms with Crippen LogP contribution >= 0.6 is 0 Å². The molecule has 1 atom stereocenters. The number of aryl methyl sites for hydroxylation is 1. The Bertz CT molecular complexity index is 1790. The maximum absolute atomic E-state index is 13.2. The molecular formula is C35H39FN8O2. The molecule has 0 bridgehead atoms. The van der Waals surface area contributed by atoms with E-state index >= 15 is 0 Å². The molecule has 2 aliphatic heterocycles. The van der Waals surface area contributed by atoms with Crippen molar-refractivity contribution in [2.75, 3.05) is 25.5 Å². The molecule has 2 aliphatic rings. The highest BCUT2D eigenvalue weighted by atomic mass is 19.1. The van der Waals surface area contributed by atoms with E-state index in [0.29, 0.717) is 13.1 Å². The van der Waals surface area contributed by atoms with Crippen LogP contribution in [0.2, 0.25) is 0 Å².